The van der Waals surface area contributed by atoms with Gasteiger partial charge in [-0.3, -0.25) is 0 Å². The second kappa shape index (κ2) is 3.51. The van der Waals surface area contributed by atoms with Crippen molar-refractivity contribution >= 4 is 5.69 Å². The van der Waals surface area contributed by atoms with E-state index in [0.29, 0.717) is 5.56 Å². The number of para-hydroxylation sites is 1. The highest BCUT2D eigenvalue weighted by Crippen LogP contribution is 2.20. The van der Waals surface area contributed by atoms with Gasteiger partial charge in [-0.05, 0) is 11.6 Å². The molecule has 0 fully saturated rings. The summed E-state index contributed by atoms with van der Waals surface area (Å²) in [6.45, 7) is 0.258. The van der Waals surface area contributed by atoms with E-state index in [4.69, 9.17) is 17.2 Å². The molecule has 12 heavy (non-hydrogen) atoms. The monoisotopic (exact) mass is 169 g/mol. The minimum atomic E-state index is -0.448. The molecule has 0 aliphatic carbocycles. The van der Waals surface area contributed by atoms with Crippen molar-refractivity contribution < 1.29 is 4.39 Å². The maximum Gasteiger partial charge on any atom is 0.146 e. The second-order valence-electron chi connectivity index (χ2n) is 2.58. The number of benzene rings is 1. The third kappa shape index (κ3) is 1.54. The van der Waals surface area contributed by atoms with E-state index in [0.717, 1.165) is 0 Å². The summed E-state index contributed by atoms with van der Waals surface area (Å²) in [5, 5.41) is 0. The molecule has 1 rings (SSSR count). The van der Waals surface area contributed by atoms with Crippen LogP contribution in [0.5, 0.6) is 0 Å². The molecule has 1 aromatic carbocycles. The summed E-state index contributed by atoms with van der Waals surface area (Å²) in [6, 6.07) is 4.15. The van der Waals surface area contributed by atoms with Crippen molar-refractivity contribution in [3.8, 4) is 0 Å². The minimum Gasteiger partial charge on any atom is -0.396 e. The first kappa shape index (κ1) is 8.96. The van der Waals surface area contributed by atoms with Gasteiger partial charge in [0.1, 0.15) is 5.82 Å². The van der Waals surface area contributed by atoms with Crippen LogP contribution in [-0.2, 0) is 0 Å². The lowest BCUT2D eigenvalue weighted by molar-refractivity contribution is 0.625. The summed E-state index contributed by atoms with van der Waals surface area (Å²) in [5.74, 6) is -0.448. The Morgan fingerprint density at radius 1 is 1.42 bits per heavy atom. The molecule has 0 radical (unpaired) electrons. The van der Waals surface area contributed by atoms with E-state index >= 15 is 0 Å². The molecule has 0 amide bonds. The maximum atomic E-state index is 12.9. The average molecular weight is 169 g/mol. The largest absolute Gasteiger partial charge is 0.396 e. The van der Waals surface area contributed by atoms with Crippen LogP contribution < -0.4 is 17.2 Å². The SMILES string of the molecule is NC[C@@H](N)c1cccc(F)c1N. The molecule has 0 aliphatic rings. The van der Waals surface area contributed by atoms with Gasteiger partial charge in [-0.1, -0.05) is 12.1 Å². The van der Waals surface area contributed by atoms with Gasteiger partial charge in [0.05, 0.1) is 5.69 Å². The molecule has 66 valence electrons. The topological polar surface area (TPSA) is 78.1 Å². The number of hydrogen-bond donors (Lipinski definition) is 3. The van der Waals surface area contributed by atoms with Crippen molar-refractivity contribution in [3.63, 3.8) is 0 Å². The number of halogens is 1. The molecule has 4 heteroatoms. The zero-order valence-electron chi connectivity index (χ0n) is 6.63. The summed E-state index contributed by atoms with van der Waals surface area (Å²) in [7, 11) is 0. The van der Waals surface area contributed by atoms with Crippen molar-refractivity contribution in [1.29, 1.82) is 0 Å². The molecule has 6 N–H and O–H groups in total. The molecule has 1 atom stereocenters. The summed E-state index contributed by atoms with van der Waals surface area (Å²) in [5.41, 5.74) is 17.0. The lowest BCUT2D eigenvalue weighted by Gasteiger charge is -2.11. The van der Waals surface area contributed by atoms with Gasteiger partial charge in [-0.25, -0.2) is 4.39 Å². The molecule has 1 aromatic rings. The highest BCUT2D eigenvalue weighted by molar-refractivity contribution is 5.49. The highest BCUT2D eigenvalue weighted by atomic mass is 19.1. The molecule has 0 bridgehead atoms. The van der Waals surface area contributed by atoms with Gasteiger partial charge < -0.3 is 17.2 Å². The Morgan fingerprint density at radius 2 is 2.08 bits per heavy atom. The molecular formula is C8H12FN3. The van der Waals surface area contributed by atoms with Crippen LogP contribution in [0.15, 0.2) is 18.2 Å². The predicted molar refractivity (Wildman–Crippen MR) is 46.8 cm³/mol. The Balaban J connectivity index is 3.07. The van der Waals surface area contributed by atoms with Crippen molar-refractivity contribution in [2.45, 2.75) is 6.04 Å². The minimum absolute atomic E-state index is 0.0930. The van der Waals surface area contributed by atoms with Gasteiger partial charge in [-0.15, -0.1) is 0 Å². The van der Waals surface area contributed by atoms with Crippen LogP contribution in [0, 0.1) is 5.82 Å². The fourth-order valence-corrected chi connectivity index (χ4v) is 1.00. The molecule has 0 aromatic heterocycles. The normalized spacial score (nSPS) is 12.9. The molecule has 0 spiro atoms. The molecule has 0 saturated heterocycles. The summed E-state index contributed by atoms with van der Waals surface area (Å²) in [6.07, 6.45) is 0. The first-order chi connectivity index (χ1) is 5.66. The van der Waals surface area contributed by atoms with E-state index in [2.05, 4.69) is 0 Å². The molecule has 3 nitrogen and oxygen atoms in total. The van der Waals surface area contributed by atoms with Crippen LogP contribution in [0.2, 0.25) is 0 Å². The van der Waals surface area contributed by atoms with Gasteiger partial charge in [0.25, 0.3) is 0 Å². The molecule has 0 saturated carbocycles. The fraction of sp³-hybridized carbons (Fsp3) is 0.250. The van der Waals surface area contributed by atoms with E-state index < -0.39 is 5.82 Å². The average Bonchev–Trinajstić information content (AvgIpc) is 2.08. The predicted octanol–water partition coefficient (Wildman–Crippen LogP) is 0.366. The second-order valence-corrected chi connectivity index (χ2v) is 2.58. The first-order valence-electron chi connectivity index (χ1n) is 3.66. The van der Waals surface area contributed by atoms with E-state index in [1.165, 1.54) is 6.07 Å². The first-order valence-corrected chi connectivity index (χ1v) is 3.66. The molecule has 0 unspecified atom stereocenters. The lowest BCUT2D eigenvalue weighted by Crippen LogP contribution is -2.22. The van der Waals surface area contributed by atoms with Crippen molar-refractivity contribution in [3.05, 3.63) is 29.6 Å². The Bertz CT molecular complexity index is 275. The van der Waals surface area contributed by atoms with E-state index in [1.54, 1.807) is 12.1 Å². The zero-order chi connectivity index (χ0) is 9.14. The van der Waals surface area contributed by atoms with Crippen LogP contribution in [-0.4, -0.2) is 6.54 Å². The Labute approximate surface area is 70.3 Å². The number of nitrogens with two attached hydrogens (primary N) is 3. The number of nitrogen functional groups attached to an aromatic ring is 1. The third-order valence-corrected chi connectivity index (χ3v) is 1.74. The van der Waals surface area contributed by atoms with Gasteiger partial charge in [0.2, 0.25) is 0 Å². The van der Waals surface area contributed by atoms with Gasteiger partial charge in [0, 0.05) is 12.6 Å². The molecule has 0 aliphatic heterocycles. The van der Waals surface area contributed by atoms with Crippen LogP contribution in [0.1, 0.15) is 11.6 Å². The zero-order valence-corrected chi connectivity index (χ0v) is 6.63. The van der Waals surface area contributed by atoms with Gasteiger partial charge in [0.15, 0.2) is 0 Å². The third-order valence-electron chi connectivity index (χ3n) is 1.74. The lowest BCUT2D eigenvalue weighted by atomic mass is 10.1. The molecular weight excluding hydrogens is 157 g/mol. The fourth-order valence-electron chi connectivity index (χ4n) is 1.00. The van der Waals surface area contributed by atoms with E-state index in [9.17, 15) is 4.39 Å². The number of hydrogen-bond acceptors (Lipinski definition) is 3. The standard InChI is InChI=1S/C8H12FN3/c9-6-3-1-2-5(8(6)12)7(11)4-10/h1-3,7H,4,10-12H2/t7-/m1/s1. The van der Waals surface area contributed by atoms with Gasteiger partial charge >= 0.3 is 0 Å². The van der Waals surface area contributed by atoms with Crippen LogP contribution in [0.3, 0.4) is 0 Å². The maximum absolute atomic E-state index is 12.9. The van der Waals surface area contributed by atoms with E-state index in [1.807, 2.05) is 0 Å². The summed E-state index contributed by atoms with van der Waals surface area (Å²) in [4.78, 5) is 0. The number of rotatable bonds is 2. The van der Waals surface area contributed by atoms with Crippen molar-refractivity contribution in [1.82, 2.24) is 0 Å². The van der Waals surface area contributed by atoms with Gasteiger partial charge in [-0.2, -0.15) is 0 Å². The summed E-state index contributed by atoms with van der Waals surface area (Å²) < 4.78 is 12.9. The van der Waals surface area contributed by atoms with Crippen molar-refractivity contribution in [2.75, 3.05) is 12.3 Å². The summed E-state index contributed by atoms with van der Waals surface area (Å²) >= 11 is 0. The van der Waals surface area contributed by atoms with Crippen molar-refractivity contribution in [2.24, 2.45) is 11.5 Å². The quantitative estimate of drug-likeness (QED) is 0.559. The number of anilines is 1. The van der Waals surface area contributed by atoms with Crippen LogP contribution >= 0.6 is 0 Å². The Kier molecular flexibility index (Phi) is 2.62. The van der Waals surface area contributed by atoms with Crippen LogP contribution in [0.4, 0.5) is 10.1 Å². The highest BCUT2D eigenvalue weighted by Gasteiger charge is 2.09. The Hall–Kier alpha value is -1.13. The Morgan fingerprint density at radius 3 is 2.67 bits per heavy atom. The van der Waals surface area contributed by atoms with Crippen LogP contribution in [0.25, 0.3) is 0 Å². The molecule has 0 heterocycles. The van der Waals surface area contributed by atoms with E-state index in [-0.39, 0.29) is 18.3 Å². The smallest absolute Gasteiger partial charge is 0.146 e.